The lowest BCUT2D eigenvalue weighted by atomic mass is 10.1. The van der Waals surface area contributed by atoms with Crippen LogP contribution in [0.4, 0.5) is 11.4 Å². The largest absolute Gasteiger partial charge is 0.322 e. The van der Waals surface area contributed by atoms with Crippen LogP contribution >= 0.6 is 0 Å². The highest BCUT2D eigenvalue weighted by molar-refractivity contribution is 6.08. The number of hydrogen-bond acceptors (Lipinski definition) is 3. The predicted octanol–water partition coefficient (Wildman–Crippen LogP) is 4.77. The van der Waals surface area contributed by atoms with Crippen LogP contribution in [0, 0.1) is 13.8 Å². The van der Waals surface area contributed by atoms with Gasteiger partial charge in [-0.05, 0) is 55.2 Å². The highest BCUT2D eigenvalue weighted by Crippen LogP contribution is 2.20. The van der Waals surface area contributed by atoms with E-state index in [2.05, 4.69) is 15.6 Å². The molecular weight excluding hydrogens is 350 g/mol. The van der Waals surface area contributed by atoms with E-state index in [0.717, 1.165) is 34.5 Å². The second-order valence-corrected chi connectivity index (χ2v) is 6.62. The van der Waals surface area contributed by atoms with Crippen molar-refractivity contribution in [3.63, 3.8) is 0 Å². The Kier molecular flexibility index (Phi) is 5.84. The van der Waals surface area contributed by atoms with E-state index in [4.69, 9.17) is 0 Å². The lowest BCUT2D eigenvalue weighted by Gasteiger charge is -2.12. The summed E-state index contributed by atoms with van der Waals surface area (Å²) >= 11 is 0. The van der Waals surface area contributed by atoms with E-state index in [9.17, 15) is 9.59 Å². The van der Waals surface area contributed by atoms with Crippen molar-refractivity contribution in [2.24, 2.45) is 0 Å². The van der Waals surface area contributed by atoms with Crippen molar-refractivity contribution in [2.75, 3.05) is 10.6 Å². The Morgan fingerprint density at radius 1 is 0.893 bits per heavy atom. The summed E-state index contributed by atoms with van der Waals surface area (Å²) in [6.07, 6.45) is 2.29. The number of carbonyl (C=O) groups is 2. The van der Waals surface area contributed by atoms with Crippen molar-refractivity contribution in [3.05, 3.63) is 88.7 Å². The summed E-state index contributed by atoms with van der Waals surface area (Å²) in [7, 11) is 0. The molecule has 3 rings (SSSR count). The Morgan fingerprint density at radius 2 is 1.61 bits per heavy atom. The number of benzene rings is 2. The van der Waals surface area contributed by atoms with E-state index in [0.29, 0.717) is 5.56 Å². The standard InChI is InChI=1S/C23H23N3O2/c1-4-17-10-5-6-11-19(17)25-22(27)18-12-13-24-20(14-18)23(28)26-21-15(2)8-7-9-16(21)3/h5-14H,4H2,1-3H3,(H,25,27)(H,26,28). The first-order valence-corrected chi connectivity index (χ1v) is 9.22. The third-order valence-corrected chi connectivity index (χ3v) is 4.62. The molecule has 0 fully saturated rings. The number of aromatic nitrogens is 1. The van der Waals surface area contributed by atoms with Gasteiger partial charge in [0, 0.05) is 23.1 Å². The van der Waals surface area contributed by atoms with Gasteiger partial charge in [0.05, 0.1) is 0 Å². The Morgan fingerprint density at radius 3 is 2.32 bits per heavy atom. The molecule has 0 aliphatic rings. The van der Waals surface area contributed by atoms with Gasteiger partial charge in [-0.2, -0.15) is 0 Å². The van der Waals surface area contributed by atoms with E-state index in [1.165, 1.54) is 12.3 Å². The molecule has 1 heterocycles. The second-order valence-electron chi connectivity index (χ2n) is 6.62. The van der Waals surface area contributed by atoms with Gasteiger partial charge in [-0.1, -0.05) is 43.3 Å². The minimum atomic E-state index is -0.346. The smallest absolute Gasteiger partial charge is 0.274 e. The van der Waals surface area contributed by atoms with E-state index in [1.807, 2.05) is 63.2 Å². The molecule has 142 valence electrons. The molecule has 1 aromatic heterocycles. The monoisotopic (exact) mass is 373 g/mol. The molecule has 28 heavy (non-hydrogen) atoms. The van der Waals surface area contributed by atoms with Gasteiger partial charge < -0.3 is 10.6 Å². The number of rotatable bonds is 5. The lowest BCUT2D eigenvalue weighted by Crippen LogP contribution is -2.18. The van der Waals surface area contributed by atoms with Gasteiger partial charge in [0.15, 0.2) is 0 Å². The minimum absolute atomic E-state index is 0.194. The average Bonchev–Trinajstić information content (AvgIpc) is 2.71. The SMILES string of the molecule is CCc1ccccc1NC(=O)c1ccnc(C(=O)Nc2c(C)cccc2C)c1. The summed E-state index contributed by atoms with van der Waals surface area (Å²) in [6, 6.07) is 16.6. The van der Waals surface area contributed by atoms with Gasteiger partial charge in [-0.15, -0.1) is 0 Å². The Hall–Kier alpha value is -3.47. The van der Waals surface area contributed by atoms with Crippen LogP contribution < -0.4 is 10.6 Å². The third-order valence-electron chi connectivity index (χ3n) is 4.62. The fourth-order valence-corrected chi connectivity index (χ4v) is 3.03. The van der Waals surface area contributed by atoms with Crippen LogP contribution in [0.2, 0.25) is 0 Å². The molecule has 0 radical (unpaired) electrons. The molecule has 0 aliphatic carbocycles. The van der Waals surface area contributed by atoms with Crippen LogP contribution in [0.25, 0.3) is 0 Å². The molecule has 0 unspecified atom stereocenters. The molecule has 0 saturated heterocycles. The van der Waals surface area contributed by atoms with E-state index >= 15 is 0 Å². The lowest BCUT2D eigenvalue weighted by molar-refractivity contribution is 0.102. The number of para-hydroxylation sites is 2. The number of nitrogens with zero attached hydrogens (tertiary/aromatic N) is 1. The summed E-state index contributed by atoms with van der Waals surface area (Å²) in [5.41, 5.74) is 5.11. The molecule has 0 spiro atoms. The van der Waals surface area contributed by atoms with Crippen LogP contribution in [0.5, 0.6) is 0 Å². The molecule has 0 aliphatic heterocycles. The fraction of sp³-hybridized carbons (Fsp3) is 0.174. The first-order chi connectivity index (χ1) is 13.5. The second kappa shape index (κ2) is 8.48. The molecule has 2 N–H and O–H groups in total. The molecule has 5 heteroatoms. The quantitative estimate of drug-likeness (QED) is 0.677. The highest BCUT2D eigenvalue weighted by Gasteiger charge is 2.14. The van der Waals surface area contributed by atoms with Crippen molar-refractivity contribution in [1.82, 2.24) is 4.98 Å². The van der Waals surface area contributed by atoms with Crippen molar-refractivity contribution in [2.45, 2.75) is 27.2 Å². The highest BCUT2D eigenvalue weighted by atomic mass is 16.2. The van der Waals surface area contributed by atoms with Crippen LogP contribution in [-0.4, -0.2) is 16.8 Å². The molecule has 0 bridgehead atoms. The summed E-state index contributed by atoms with van der Waals surface area (Å²) in [5.74, 6) is -0.620. The fourth-order valence-electron chi connectivity index (χ4n) is 3.03. The third kappa shape index (κ3) is 4.26. The summed E-state index contributed by atoms with van der Waals surface area (Å²) in [4.78, 5) is 29.4. The zero-order valence-electron chi connectivity index (χ0n) is 16.2. The summed E-state index contributed by atoms with van der Waals surface area (Å²) < 4.78 is 0. The number of pyridine rings is 1. The number of nitrogens with one attached hydrogen (secondary N) is 2. The van der Waals surface area contributed by atoms with Crippen molar-refractivity contribution >= 4 is 23.2 Å². The van der Waals surface area contributed by atoms with E-state index in [1.54, 1.807) is 6.07 Å². The van der Waals surface area contributed by atoms with Crippen molar-refractivity contribution in [3.8, 4) is 0 Å². The summed E-state index contributed by atoms with van der Waals surface area (Å²) in [5, 5.41) is 5.81. The van der Waals surface area contributed by atoms with Gasteiger partial charge >= 0.3 is 0 Å². The number of hydrogen-bond donors (Lipinski definition) is 2. The van der Waals surface area contributed by atoms with Gasteiger partial charge in [0.1, 0.15) is 5.69 Å². The van der Waals surface area contributed by atoms with Crippen molar-refractivity contribution < 1.29 is 9.59 Å². The Labute approximate surface area is 164 Å². The molecule has 2 amide bonds. The predicted molar refractivity (Wildman–Crippen MR) is 112 cm³/mol. The molecule has 3 aromatic rings. The van der Waals surface area contributed by atoms with Crippen LogP contribution in [0.15, 0.2) is 60.8 Å². The Bertz CT molecular complexity index is 1010. The zero-order chi connectivity index (χ0) is 20.1. The minimum Gasteiger partial charge on any atom is -0.322 e. The van der Waals surface area contributed by atoms with E-state index < -0.39 is 0 Å². The number of aryl methyl sites for hydroxylation is 3. The number of anilines is 2. The normalized spacial score (nSPS) is 10.4. The zero-order valence-corrected chi connectivity index (χ0v) is 16.2. The Balaban J connectivity index is 1.80. The first kappa shape index (κ1) is 19.3. The van der Waals surface area contributed by atoms with Gasteiger partial charge in [0.2, 0.25) is 0 Å². The maximum absolute atomic E-state index is 12.7. The molecule has 0 atom stereocenters. The van der Waals surface area contributed by atoms with Crippen LogP contribution in [0.1, 0.15) is 44.5 Å². The molecule has 2 aromatic carbocycles. The van der Waals surface area contributed by atoms with E-state index in [-0.39, 0.29) is 17.5 Å². The first-order valence-electron chi connectivity index (χ1n) is 9.22. The number of amides is 2. The molecule has 0 saturated carbocycles. The van der Waals surface area contributed by atoms with Gasteiger partial charge in [-0.3, -0.25) is 14.6 Å². The van der Waals surface area contributed by atoms with Crippen LogP contribution in [0.3, 0.4) is 0 Å². The van der Waals surface area contributed by atoms with Gasteiger partial charge in [0.25, 0.3) is 11.8 Å². The van der Waals surface area contributed by atoms with Crippen molar-refractivity contribution in [1.29, 1.82) is 0 Å². The molecule has 5 nitrogen and oxygen atoms in total. The van der Waals surface area contributed by atoms with Gasteiger partial charge in [-0.25, -0.2) is 0 Å². The molecular formula is C23H23N3O2. The summed E-state index contributed by atoms with van der Waals surface area (Å²) in [6.45, 7) is 5.91. The average molecular weight is 373 g/mol. The number of carbonyl (C=O) groups excluding carboxylic acids is 2. The maximum atomic E-state index is 12.7. The topological polar surface area (TPSA) is 71.1 Å². The van der Waals surface area contributed by atoms with Crippen LogP contribution in [-0.2, 0) is 6.42 Å². The maximum Gasteiger partial charge on any atom is 0.274 e.